The summed E-state index contributed by atoms with van der Waals surface area (Å²) in [5, 5.41) is 0. The van der Waals surface area contributed by atoms with E-state index in [1.165, 1.54) is 5.56 Å². The van der Waals surface area contributed by atoms with Crippen molar-refractivity contribution in [3.05, 3.63) is 85.0 Å². The molecule has 0 unspecified atom stereocenters. The molecule has 0 amide bonds. The topological polar surface area (TPSA) is 50.4 Å². The Kier molecular flexibility index (Phi) is 3.67. The molecule has 1 N–H and O–H groups in total. The monoisotopic (exact) mass is 315 g/mol. The molecule has 118 valence electrons. The Hall–Kier alpha value is -3.21. The van der Waals surface area contributed by atoms with E-state index in [2.05, 4.69) is 40.6 Å². The van der Waals surface area contributed by atoms with Gasteiger partial charge in [-0.2, -0.15) is 0 Å². The zero-order valence-corrected chi connectivity index (χ0v) is 13.3. The lowest BCUT2D eigenvalue weighted by Crippen LogP contribution is -2.24. The van der Waals surface area contributed by atoms with Crippen LogP contribution in [0.4, 0.5) is 0 Å². The predicted octanol–water partition coefficient (Wildman–Crippen LogP) is 2.48. The fourth-order valence-electron chi connectivity index (χ4n) is 2.70. The van der Waals surface area contributed by atoms with Gasteiger partial charge in [0.1, 0.15) is 0 Å². The molecule has 0 aliphatic heterocycles. The number of nitrogens with zero attached hydrogens (tertiary/aromatic N) is 4. The number of H-pyrrole nitrogens is 1. The molecule has 1 aromatic carbocycles. The SMILES string of the molecule is C[n+]1[c-]n(-c2cccc(Cc3cccc(-c4cnc[nH]4)n3)c2)cc1. The number of benzene rings is 1. The fraction of sp³-hybridized carbons (Fsp3) is 0.105. The number of nitrogens with one attached hydrogen (secondary N) is 1. The molecule has 0 spiro atoms. The third-order valence-electron chi connectivity index (χ3n) is 3.86. The van der Waals surface area contributed by atoms with Gasteiger partial charge in [0.25, 0.3) is 0 Å². The third-order valence-corrected chi connectivity index (χ3v) is 3.86. The average Bonchev–Trinajstić information content (AvgIpc) is 3.27. The molecule has 0 atom stereocenters. The van der Waals surface area contributed by atoms with E-state index in [-0.39, 0.29) is 0 Å². The normalized spacial score (nSPS) is 10.9. The zero-order valence-electron chi connectivity index (χ0n) is 13.3. The summed E-state index contributed by atoms with van der Waals surface area (Å²) in [6, 6.07) is 14.5. The van der Waals surface area contributed by atoms with E-state index in [9.17, 15) is 0 Å². The number of hydrogen-bond acceptors (Lipinski definition) is 2. The van der Waals surface area contributed by atoms with Crippen LogP contribution in [-0.4, -0.2) is 19.5 Å². The second-order valence-electron chi connectivity index (χ2n) is 5.71. The van der Waals surface area contributed by atoms with E-state index in [1.54, 1.807) is 12.5 Å². The molecule has 0 saturated heterocycles. The van der Waals surface area contributed by atoms with Gasteiger partial charge >= 0.3 is 0 Å². The number of aromatic nitrogens is 5. The van der Waals surface area contributed by atoms with Gasteiger partial charge in [-0.3, -0.25) is 4.98 Å². The Morgan fingerprint density at radius 1 is 1.21 bits per heavy atom. The number of aromatic amines is 1. The lowest BCUT2D eigenvalue weighted by atomic mass is 10.1. The van der Waals surface area contributed by atoms with Crippen LogP contribution in [0.1, 0.15) is 11.3 Å². The molecule has 5 nitrogen and oxygen atoms in total. The largest absolute Gasteiger partial charge is 0.343 e. The van der Waals surface area contributed by atoms with Crippen LogP contribution in [-0.2, 0) is 13.5 Å². The first-order valence-corrected chi connectivity index (χ1v) is 7.78. The predicted molar refractivity (Wildman–Crippen MR) is 90.4 cm³/mol. The summed E-state index contributed by atoms with van der Waals surface area (Å²) >= 11 is 0. The summed E-state index contributed by atoms with van der Waals surface area (Å²) in [6.45, 7) is 0. The second-order valence-corrected chi connectivity index (χ2v) is 5.71. The molecule has 3 heterocycles. The summed E-state index contributed by atoms with van der Waals surface area (Å²) in [5.41, 5.74) is 5.18. The van der Waals surface area contributed by atoms with Crippen molar-refractivity contribution in [3.63, 3.8) is 0 Å². The Morgan fingerprint density at radius 3 is 2.92 bits per heavy atom. The highest BCUT2D eigenvalue weighted by atomic mass is 15.1. The minimum absolute atomic E-state index is 0.781. The van der Waals surface area contributed by atoms with E-state index in [4.69, 9.17) is 4.98 Å². The van der Waals surface area contributed by atoms with Gasteiger partial charge in [-0.05, 0) is 17.7 Å². The van der Waals surface area contributed by atoms with Crippen molar-refractivity contribution in [2.45, 2.75) is 6.42 Å². The molecule has 0 aliphatic rings. The highest BCUT2D eigenvalue weighted by Crippen LogP contribution is 2.17. The van der Waals surface area contributed by atoms with Crippen LogP contribution in [0.2, 0.25) is 0 Å². The van der Waals surface area contributed by atoms with Crippen molar-refractivity contribution in [2.24, 2.45) is 7.05 Å². The molecule has 24 heavy (non-hydrogen) atoms. The Balaban J connectivity index is 1.61. The van der Waals surface area contributed by atoms with Crippen molar-refractivity contribution in [1.82, 2.24) is 19.5 Å². The molecule has 0 radical (unpaired) electrons. The fourth-order valence-corrected chi connectivity index (χ4v) is 2.70. The maximum atomic E-state index is 4.73. The molecule has 5 heteroatoms. The van der Waals surface area contributed by atoms with Crippen LogP contribution in [0.5, 0.6) is 0 Å². The highest BCUT2D eigenvalue weighted by molar-refractivity contribution is 5.52. The molecule has 0 fully saturated rings. The van der Waals surface area contributed by atoms with Gasteiger partial charge in [0.2, 0.25) is 6.33 Å². The van der Waals surface area contributed by atoms with Crippen molar-refractivity contribution in [3.8, 4) is 17.1 Å². The van der Waals surface area contributed by atoms with Crippen LogP contribution >= 0.6 is 0 Å². The zero-order chi connectivity index (χ0) is 16.4. The molecule has 3 aromatic heterocycles. The Labute approximate surface area is 140 Å². The number of aryl methyl sites for hydroxylation is 1. The lowest BCUT2D eigenvalue weighted by molar-refractivity contribution is -0.674. The first kappa shape index (κ1) is 14.4. The van der Waals surface area contributed by atoms with E-state index in [1.807, 2.05) is 46.8 Å². The quantitative estimate of drug-likeness (QED) is 0.465. The van der Waals surface area contributed by atoms with Gasteiger partial charge in [-0.15, -0.1) is 0 Å². The maximum absolute atomic E-state index is 4.73. The molecule has 0 saturated carbocycles. The number of imidazole rings is 2. The molecule has 4 rings (SSSR count). The van der Waals surface area contributed by atoms with Crippen LogP contribution in [0, 0.1) is 6.33 Å². The summed E-state index contributed by atoms with van der Waals surface area (Å²) < 4.78 is 3.89. The number of rotatable bonds is 4. The van der Waals surface area contributed by atoms with E-state index < -0.39 is 0 Å². The van der Waals surface area contributed by atoms with Gasteiger partial charge < -0.3 is 14.1 Å². The number of pyridine rings is 1. The van der Waals surface area contributed by atoms with Crippen molar-refractivity contribution in [2.75, 3.05) is 0 Å². The Morgan fingerprint density at radius 2 is 2.12 bits per heavy atom. The van der Waals surface area contributed by atoms with Crippen LogP contribution < -0.4 is 4.57 Å². The summed E-state index contributed by atoms with van der Waals surface area (Å²) in [7, 11) is 1.96. The maximum Gasteiger partial charge on any atom is 0.243 e. The molecular weight excluding hydrogens is 298 g/mol. The molecule has 0 aliphatic carbocycles. The smallest absolute Gasteiger partial charge is 0.243 e. The van der Waals surface area contributed by atoms with Crippen molar-refractivity contribution >= 4 is 0 Å². The minimum atomic E-state index is 0.781. The first-order valence-electron chi connectivity index (χ1n) is 7.78. The molecular formula is C19H17N5. The van der Waals surface area contributed by atoms with Gasteiger partial charge in [0, 0.05) is 24.5 Å². The molecule has 4 aromatic rings. The highest BCUT2D eigenvalue weighted by Gasteiger charge is 2.04. The van der Waals surface area contributed by atoms with Crippen molar-refractivity contribution in [1.29, 1.82) is 0 Å². The van der Waals surface area contributed by atoms with Crippen LogP contribution in [0.25, 0.3) is 17.1 Å². The lowest BCUT2D eigenvalue weighted by Gasteiger charge is -2.07. The van der Waals surface area contributed by atoms with E-state index in [0.717, 1.165) is 29.2 Å². The first-order chi connectivity index (χ1) is 11.8. The van der Waals surface area contributed by atoms with Gasteiger partial charge in [-0.1, -0.05) is 30.3 Å². The van der Waals surface area contributed by atoms with Crippen LogP contribution in [0.3, 0.4) is 0 Å². The number of hydrogen-bond donors (Lipinski definition) is 1. The van der Waals surface area contributed by atoms with Crippen LogP contribution in [0.15, 0.2) is 67.4 Å². The Bertz CT molecular complexity index is 953. The van der Waals surface area contributed by atoms with Gasteiger partial charge in [-0.25, -0.2) is 4.98 Å². The van der Waals surface area contributed by atoms with Crippen molar-refractivity contribution < 1.29 is 4.57 Å². The van der Waals surface area contributed by atoms with E-state index >= 15 is 0 Å². The second kappa shape index (κ2) is 6.12. The van der Waals surface area contributed by atoms with Gasteiger partial charge in [0.15, 0.2) is 0 Å². The average molecular weight is 315 g/mol. The van der Waals surface area contributed by atoms with E-state index in [0.29, 0.717) is 0 Å². The summed E-state index contributed by atoms with van der Waals surface area (Å²) in [4.78, 5) is 11.9. The third kappa shape index (κ3) is 2.96. The van der Waals surface area contributed by atoms with Gasteiger partial charge in [0.05, 0.1) is 36.6 Å². The minimum Gasteiger partial charge on any atom is -0.343 e. The summed E-state index contributed by atoms with van der Waals surface area (Å²) in [5.74, 6) is 0. The molecule has 0 bridgehead atoms. The standard InChI is InChI=1S/C19H17N5/c1-23-8-9-24(14-23)17-6-2-4-15(11-17)10-16-5-3-7-18(22-16)19-12-20-13-21-19/h2-9,11-13H,10H2,1H3,(H,20,21). The summed E-state index contributed by atoms with van der Waals surface area (Å²) in [6.07, 6.45) is 11.4.